The van der Waals surface area contributed by atoms with Crippen molar-refractivity contribution in [2.24, 2.45) is 16.6 Å². The van der Waals surface area contributed by atoms with Crippen molar-refractivity contribution < 1.29 is 4.79 Å². The van der Waals surface area contributed by atoms with Crippen molar-refractivity contribution in [1.82, 2.24) is 5.32 Å². The summed E-state index contributed by atoms with van der Waals surface area (Å²) in [6.45, 7) is 0.166. The van der Waals surface area contributed by atoms with Crippen molar-refractivity contribution in [3.8, 4) is 0 Å². The number of carbonyl (C=O) groups is 1. The third-order valence-electron chi connectivity index (χ3n) is 1.68. The number of rotatable bonds is 3. The summed E-state index contributed by atoms with van der Waals surface area (Å²) in [6.07, 6.45) is 2.26. The molecule has 0 heterocycles. The van der Waals surface area contributed by atoms with Gasteiger partial charge in [-0.05, 0) is 12.8 Å². The molecule has 1 amide bonds. The van der Waals surface area contributed by atoms with Gasteiger partial charge in [-0.2, -0.15) is 0 Å². The average molecular weight is 155 g/mol. The predicted octanol–water partition coefficient (Wildman–Crippen LogP) is -0.500. The molecule has 1 saturated carbocycles. The van der Waals surface area contributed by atoms with Gasteiger partial charge in [-0.3, -0.25) is 9.79 Å². The first-order chi connectivity index (χ1) is 5.24. The highest BCUT2D eigenvalue weighted by atomic mass is 16.1. The Hall–Kier alpha value is -1.06. The summed E-state index contributed by atoms with van der Waals surface area (Å²) in [5.41, 5.74) is 5.55. The molecular formula is C7H13N3O. The van der Waals surface area contributed by atoms with Gasteiger partial charge in [0.25, 0.3) is 0 Å². The summed E-state index contributed by atoms with van der Waals surface area (Å²) >= 11 is 0. The maximum Gasteiger partial charge on any atom is 0.241 e. The fourth-order valence-corrected chi connectivity index (χ4v) is 0.750. The molecule has 1 aliphatic rings. The standard InChI is InChI=1S/C7H13N3O/c1-9-6(11)4-10-7(8)5-2-3-5/h5H,2-4H2,1H3,(H2,8,10)(H,9,11). The van der Waals surface area contributed by atoms with Crippen molar-refractivity contribution in [1.29, 1.82) is 0 Å². The van der Waals surface area contributed by atoms with E-state index in [0.717, 1.165) is 12.8 Å². The molecule has 1 aliphatic carbocycles. The molecule has 0 atom stereocenters. The second kappa shape index (κ2) is 3.37. The molecule has 11 heavy (non-hydrogen) atoms. The first-order valence-corrected chi connectivity index (χ1v) is 3.74. The largest absolute Gasteiger partial charge is 0.387 e. The molecule has 0 aromatic carbocycles. The highest BCUT2D eigenvalue weighted by Gasteiger charge is 2.25. The SMILES string of the molecule is CNC(=O)CN=C(N)C1CC1. The Kier molecular flexibility index (Phi) is 2.46. The normalized spacial score (nSPS) is 18.1. The smallest absolute Gasteiger partial charge is 0.241 e. The number of nitrogens with two attached hydrogens (primary N) is 1. The van der Waals surface area contributed by atoms with E-state index in [-0.39, 0.29) is 12.5 Å². The molecule has 3 N–H and O–H groups in total. The molecule has 1 rings (SSSR count). The van der Waals surface area contributed by atoms with Gasteiger partial charge in [0, 0.05) is 13.0 Å². The zero-order chi connectivity index (χ0) is 8.27. The molecule has 0 aliphatic heterocycles. The van der Waals surface area contributed by atoms with Gasteiger partial charge in [-0.1, -0.05) is 0 Å². The highest BCUT2D eigenvalue weighted by molar-refractivity contribution is 5.87. The third-order valence-corrected chi connectivity index (χ3v) is 1.68. The van der Waals surface area contributed by atoms with E-state index in [1.165, 1.54) is 0 Å². The first kappa shape index (κ1) is 8.04. The molecule has 0 spiro atoms. The Morgan fingerprint density at radius 2 is 2.36 bits per heavy atom. The average Bonchev–Trinajstić information content (AvgIpc) is 2.81. The number of nitrogens with zero attached hydrogens (tertiary/aromatic N) is 1. The Balaban J connectivity index is 2.27. The van der Waals surface area contributed by atoms with Crippen LogP contribution in [0.4, 0.5) is 0 Å². The Morgan fingerprint density at radius 1 is 1.73 bits per heavy atom. The fourth-order valence-electron chi connectivity index (χ4n) is 0.750. The van der Waals surface area contributed by atoms with E-state index in [2.05, 4.69) is 10.3 Å². The molecule has 62 valence electrons. The van der Waals surface area contributed by atoms with Crippen LogP contribution < -0.4 is 11.1 Å². The van der Waals surface area contributed by atoms with Gasteiger partial charge < -0.3 is 11.1 Å². The number of hydrogen-bond donors (Lipinski definition) is 2. The molecule has 0 unspecified atom stereocenters. The first-order valence-electron chi connectivity index (χ1n) is 3.74. The topological polar surface area (TPSA) is 67.5 Å². The maximum absolute atomic E-state index is 10.7. The number of amides is 1. The van der Waals surface area contributed by atoms with Crippen LogP contribution in [0.25, 0.3) is 0 Å². The Labute approximate surface area is 65.9 Å². The molecule has 0 bridgehead atoms. The lowest BCUT2D eigenvalue weighted by atomic mass is 10.4. The van der Waals surface area contributed by atoms with Crippen LogP contribution in [0.5, 0.6) is 0 Å². The van der Waals surface area contributed by atoms with Gasteiger partial charge in [0.05, 0.1) is 5.84 Å². The van der Waals surface area contributed by atoms with Crippen LogP contribution in [0, 0.1) is 5.92 Å². The lowest BCUT2D eigenvalue weighted by molar-refractivity contribution is -0.119. The second-order valence-corrected chi connectivity index (χ2v) is 2.69. The number of aliphatic imine (C=N–C) groups is 1. The third kappa shape index (κ3) is 2.57. The van der Waals surface area contributed by atoms with E-state index in [1.807, 2.05) is 0 Å². The number of likely N-dealkylation sites (N-methyl/N-ethyl adjacent to an activating group) is 1. The van der Waals surface area contributed by atoms with E-state index in [0.29, 0.717) is 11.8 Å². The van der Waals surface area contributed by atoms with Gasteiger partial charge in [-0.25, -0.2) is 0 Å². The zero-order valence-electron chi connectivity index (χ0n) is 6.63. The number of amidine groups is 1. The van der Waals surface area contributed by atoms with Gasteiger partial charge in [0.15, 0.2) is 0 Å². The summed E-state index contributed by atoms with van der Waals surface area (Å²) in [6, 6.07) is 0. The van der Waals surface area contributed by atoms with E-state index < -0.39 is 0 Å². The number of hydrogen-bond acceptors (Lipinski definition) is 2. The van der Waals surface area contributed by atoms with Crippen LogP contribution in [0.3, 0.4) is 0 Å². The molecule has 0 aromatic rings. The molecule has 0 radical (unpaired) electrons. The van der Waals surface area contributed by atoms with Gasteiger partial charge >= 0.3 is 0 Å². The molecule has 1 fully saturated rings. The minimum absolute atomic E-state index is 0.0893. The van der Waals surface area contributed by atoms with Crippen LogP contribution in [-0.2, 0) is 4.79 Å². The van der Waals surface area contributed by atoms with E-state index in [1.54, 1.807) is 7.05 Å². The zero-order valence-corrected chi connectivity index (χ0v) is 6.63. The molecule has 4 heteroatoms. The number of carbonyl (C=O) groups excluding carboxylic acids is 1. The minimum Gasteiger partial charge on any atom is -0.387 e. The summed E-state index contributed by atoms with van der Waals surface area (Å²) in [5.74, 6) is 1.00. The summed E-state index contributed by atoms with van der Waals surface area (Å²) in [5, 5.41) is 2.48. The maximum atomic E-state index is 10.7. The second-order valence-electron chi connectivity index (χ2n) is 2.69. The van der Waals surface area contributed by atoms with Crippen molar-refractivity contribution in [2.75, 3.05) is 13.6 Å². The van der Waals surface area contributed by atoms with Crippen LogP contribution in [0.15, 0.2) is 4.99 Å². The predicted molar refractivity (Wildman–Crippen MR) is 43.3 cm³/mol. The van der Waals surface area contributed by atoms with Crippen LogP contribution >= 0.6 is 0 Å². The van der Waals surface area contributed by atoms with Crippen LogP contribution in [-0.4, -0.2) is 25.3 Å². The highest BCUT2D eigenvalue weighted by Crippen LogP contribution is 2.28. The van der Waals surface area contributed by atoms with Crippen molar-refractivity contribution >= 4 is 11.7 Å². The van der Waals surface area contributed by atoms with Crippen molar-refractivity contribution in [2.45, 2.75) is 12.8 Å². The molecular weight excluding hydrogens is 142 g/mol. The minimum atomic E-state index is -0.0893. The van der Waals surface area contributed by atoms with Crippen molar-refractivity contribution in [3.05, 3.63) is 0 Å². The van der Waals surface area contributed by atoms with Gasteiger partial charge in [0.1, 0.15) is 6.54 Å². The summed E-state index contributed by atoms with van der Waals surface area (Å²) < 4.78 is 0. The van der Waals surface area contributed by atoms with Crippen LogP contribution in [0.2, 0.25) is 0 Å². The van der Waals surface area contributed by atoms with Gasteiger partial charge in [-0.15, -0.1) is 0 Å². The van der Waals surface area contributed by atoms with Crippen LogP contribution in [0.1, 0.15) is 12.8 Å². The van der Waals surface area contributed by atoms with E-state index in [4.69, 9.17) is 5.73 Å². The molecule has 0 aromatic heterocycles. The Bertz CT molecular complexity index is 184. The van der Waals surface area contributed by atoms with E-state index in [9.17, 15) is 4.79 Å². The Morgan fingerprint density at radius 3 is 2.82 bits per heavy atom. The quantitative estimate of drug-likeness (QED) is 0.426. The summed E-state index contributed by atoms with van der Waals surface area (Å²) in [7, 11) is 1.59. The molecule has 4 nitrogen and oxygen atoms in total. The molecule has 0 saturated heterocycles. The van der Waals surface area contributed by atoms with Crippen molar-refractivity contribution in [3.63, 3.8) is 0 Å². The monoisotopic (exact) mass is 155 g/mol. The summed E-state index contributed by atoms with van der Waals surface area (Å²) in [4.78, 5) is 14.6. The lowest BCUT2D eigenvalue weighted by Gasteiger charge is -1.96. The fraction of sp³-hybridized carbons (Fsp3) is 0.714. The van der Waals surface area contributed by atoms with Gasteiger partial charge in [0.2, 0.25) is 5.91 Å². The number of nitrogens with one attached hydrogen (secondary N) is 1. The van der Waals surface area contributed by atoms with E-state index >= 15 is 0 Å². The lowest BCUT2D eigenvalue weighted by Crippen LogP contribution is -2.23.